The maximum atomic E-state index is 5.64. The fourth-order valence-corrected chi connectivity index (χ4v) is 1.70. The molecule has 3 rings (SSSR count). The Kier molecular flexibility index (Phi) is 2.19. The Morgan fingerprint density at radius 2 is 1.88 bits per heavy atom. The van der Waals surface area contributed by atoms with E-state index in [1.807, 2.05) is 36.4 Å². The van der Waals surface area contributed by atoms with Crippen LogP contribution in [0.3, 0.4) is 0 Å². The van der Waals surface area contributed by atoms with Crippen LogP contribution in [0.1, 0.15) is 0 Å². The van der Waals surface area contributed by atoms with Gasteiger partial charge in [0.25, 0.3) is 0 Å². The second-order valence-corrected chi connectivity index (χ2v) is 3.74. The minimum Gasteiger partial charge on any atom is -0.464 e. The van der Waals surface area contributed by atoms with E-state index in [0.717, 1.165) is 28.2 Å². The second kappa shape index (κ2) is 3.83. The highest BCUT2D eigenvalue weighted by atomic mass is 16.3. The summed E-state index contributed by atoms with van der Waals surface area (Å²) < 4.78 is 5.32. The molecule has 3 N–H and O–H groups in total. The highest BCUT2D eigenvalue weighted by molar-refractivity contribution is 5.89. The van der Waals surface area contributed by atoms with Crippen molar-refractivity contribution in [3.8, 4) is 0 Å². The summed E-state index contributed by atoms with van der Waals surface area (Å²) in [7, 11) is 0. The maximum absolute atomic E-state index is 5.64. The minimum absolute atomic E-state index is 0.741. The summed E-state index contributed by atoms with van der Waals surface area (Å²) in [4.78, 5) is 4.29. The number of nitrogens with two attached hydrogens (primary N) is 1. The Balaban J connectivity index is 1.99. The standard InChI is InChI=1S/C13H11N3O/c14-9-1-3-10(4-2-9)16-13-11-6-8-17-12(11)5-7-15-13/h1-8H,14H2,(H,15,16). The molecule has 0 fully saturated rings. The SMILES string of the molecule is Nc1ccc(Nc2nccc3occc23)cc1. The van der Waals surface area contributed by atoms with E-state index < -0.39 is 0 Å². The number of hydrogen-bond donors (Lipinski definition) is 2. The molecule has 4 heteroatoms. The first-order valence-electron chi connectivity index (χ1n) is 5.28. The largest absolute Gasteiger partial charge is 0.464 e. The van der Waals surface area contributed by atoms with Gasteiger partial charge in [-0.3, -0.25) is 0 Å². The van der Waals surface area contributed by atoms with Crippen molar-refractivity contribution in [1.82, 2.24) is 4.98 Å². The van der Waals surface area contributed by atoms with Crippen LogP contribution in [0, 0.1) is 0 Å². The lowest BCUT2D eigenvalue weighted by Crippen LogP contribution is -1.94. The van der Waals surface area contributed by atoms with Crippen LogP contribution in [0.5, 0.6) is 0 Å². The van der Waals surface area contributed by atoms with E-state index in [4.69, 9.17) is 10.2 Å². The molecule has 0 aliphatic carbocycles. The Morgan fingerprint density at radius 1 is 1.06 bits per heavy atom. The third-order valence-electron chi connectivity index (χ3n) is 2.55. The van der Waals surface area contributed by atoms with Crippen LogP contribution in [0.25, 0.3) is 11.0 Å². The lowest BCUT2D eigenvalue weighted by Gasteiger charge is -2.06. The van der Waals surface area contributed by atoms with Crippen molar-refractivity contribution in [3.05, 3.63) is 48.9 Å². The van der Waals surface area contributed by atoms with Gasteiger partial charge >= 0.3 is 0 Å². The summed E-state index contributed by atoms with van der Waals surface area (Å²) in [5, 5.41) is 4.20. The van der Waals surface area contributed by atoms with E-state index in [9.17, 15) is 0 Å². The number of fused-ring (bicyclic) bond motifs is 1. The molecule has 0 saturated carbocycles. The highest BCUT2D eigenvalue weighted by Gasteiger charge is 2.04. The number of hydrogen-bond acceptors (Lipinski definition) is 4. The molecule has 17 heavy (non-hydrogen) atoms. The summed E-state index contributed by atoms with van der Waals surface area (Å²) in [6.45, 7) is 0. The predicted octanol–water partition coefficient (Wildman–Crippen LogP) is 3.15. The molecule has 0 atom stereocenters. The molecule has 2 heterocycles. The van der Waals surface area contributed by atoms with Gasteiger partial charge in [-0.25, -0.2) is 4.98 Å². The van der Waals surface area contributed by atoms with Gasteiger partial charge in [-0.2, -0.15) is 0 Å². The van der Waals surface area contributed by atoms with Crippen molar-refractivity contribution in [2.45, 2.75) is 0 Å². The van der Waals surface area contributed by atoms with Gasteiger partial charge in [0.2, 0.25) is 0 Å². The number of furan rings is 1. The number of nitrogen functional groups attached to an aromatic ring is 1. The van der Waals surface area contributed by atoms with Gasteiger partial charge in [-0.15, -0.1) is 0 Å². The molecule has 0 aliphatic rings. The molecule has 0 unspecified atom stereocenters. The van der Waals surface area contributed by atoms with Crippen LogP contribution in [0.2, 0.25) is 0 Å². The average molecular weight is 225 g/mol. The number of rotatable bonds is 2. The quantitative estimate of drug-likeness (QED) is 0.657. The van der Waals surface area contributed by atoms with Gasteiger partial charge in [-0.1, -0.05) is 0 Å². The lowest BCUT2D eigenvalue weighted by atomic mass is 10.2. The molecule has 0 amide bonds. The van der Waals surface area contributed by atoms with Gasteiger partial charge in [-0.05, 0) is 36.4 Å². The normalized spacial score (nSPS) is 10.6. The summed E-state index contributed by atoms with van der Waals surface area (Å²) in [5.41, 5.74) is 8.14. The zero-order chi connectivity index (χ0) is 11.7. The smallest absolute Gasteiger partial charge is 0.141 e. The first kappa shape index (κ1) is 9.72. The second-order valence-electron chi connectivity index (χ2n) is 3.74. The Labute approximate surface area is 98.1 Å². The van der Waals surface area contributed by atoms with Crippen molar-refractivity contribution in [3.63, 3.8) is 0 Å². The number of benzene rings is 1. The van der Waals surface area contributed by atoms with Crippen molar-refractivity contribution in [2.24, 2.45) is 0 Å². The van der Waals surface area contributed by atoms with Crippen LogP contribution < -0.4 is 11.1 Å². The van der Waals surface area contributed by atoms with Crippen molar-refractivity contribution in [2.75, 3.05) is 11.1 Å². The third-order valence-corrected chi connectivity index (χ3v) is 2.55. The topological polar surface area (TPSA) is 64.1 Å². The first-order chi connectivity index (χ1) is 8.33. The van der Waals surface area contributed by atoms with E-state index in [0.29, 0.717) is 0 Å². The Hall–Kier alpha value is -2.49. The molecular formula is C13H11N3O. The number of nitrogens with one attached hydrogen (secondary N) is 1. The van der Waals surface area contributed by atoms with E-state index in [2.05, 4.69) is 10.3 Å². The fourth-order valence-electron chi connectivity index (χ4n) is 1.70. The monoisotopic (exact) mass is 225 g/mol. The van der Waals surface area contributed by atoms with Crippen LogP contribution in [0.4, 0.5) is 17.2 Å². The Bertz CT molecular complexity index is 643. The molecule has 0 radical (unpaired) electrons. The minimum atomic E-state index is 0.741. The molecule has 3 aromatic rings. The lowest BCUT2D eigenvalue weighted by molar-refractivity contribution is 0.615. The van der Waals surface area contributed by atoms with Gasteiger partial charge in [0.05, 0.1) is 11.6 Å². The van der Waals surface area contributed by atoms with Gasteiger partial charge in [0.1, 0.15) is 11.4 Å². The van der Waals surface area contributed by atoms with Crippen LogP contribution >= 0.6 is 0 Å². The number of anilines is 3. The van der Waals surface area contributed by atoms with Gasteiger partial charge < -0.3 is 15.5 Å². The summed E-state index contributed by atoms with van der Waals surface area (Å²) in [5.74, 6) is 0.779. The van der Waals surface area contributed by atoms with Crippen molar-refractivity contribution in [1.29, 1.82) is 0 Å². The van der Waals surface area contributed by atoms with Gasteiger partial charge in [0.15, 0.2) is 0 Å². The maximum Gasteiger partial charge on any atom is 0.141 e. The van der Waals surface area contributed by atoms with Crippen LogP contribution in [-0.4, -0.2) is 4.98 Å². The third kappa shape index (κ3) is 1.80. The number of pyridine rings is 1. The van der Waals surface area contributed by atoms with Crippen molar-refractivity contribution < 1.29 is 4.42 Å². The first-order valence-corrected chi connectivity index (χ1v) is 5.28. The van der Waals surface area contributed by atoms with E-state index in [-0.39, 0.29) is 0 Å². The molecule has 1 aromatic carbocycles. The molecule has 0 saturated heterocycles. The molecule has 2 aromatic heterocycles. The predicted molar refractivity (Wildman–Crippen MR) is 68.1 cm³/mol. The van der Waals surface area contributed by atoms with Crippen LogP contribution in [0.15, 0.2) is 53.3 Å². The zero-order valence-electron chi connectivity index (χ0n) is 9.05. The molecule has 0 spiro atoms. The summed E-state index contributed by atoms with van der Waals surface area (Å²) in [6, 6.07) is 11.2. The fraction of sp³-hybridized carbons (Fsp3) is 0. The molecule has 0 aliphatic heterocycles. The molecule has 4 nitrogen and oxygen atoms in total. The van der Waals surface area contributed by atoms with Gasteiger partial charge in [0, 0.05) is 17.6 Å². The summed E-state index contributed by atoms with van der Waals surface area (Å²) in [6.07, 6.45) is 3.37. The van der Waals surface area contributed by atoms with Crippen LogP contribution in [-0.2, 0) is 0 Å². The number of nitrogens with zero attached hydrogens (tertiary/aromatic N) is 1. The van der Waals surface area contributed by atoms with E-state index in [1.165, 1.54) is 0 Å². The summed E-state index contributed by atoms with van der Waals surface area (Å²) >= 11 is 0. The van der Waals surface area contributed by atoms with E-state index >= 15 is 0 Å². The van der Waals surface area contributed by atoms with Crippen molar-refractivity contribution >= 4 is 28.2 Å². The number of aromatic nitrogens is 1. The van der Waals surface area contributed by atoms with E-state index in [1.54, 1.807) is 12.5 Å². The average Bonchev–Trinajstić information content (AvgIpc) is 2.81. The molecule has 84 valence electrons. The Morgan fingerprint density at radius 3 is 2.71 bits per heavy atom. The molecule has 0 bridgehead atoms. The highest BCUT2D eigenvalue weighted by Crippen LogP contribution is 2.25. The zero-order valence-corrected chi connectivity index (χ0v) is 9.05. The molecular weight excluding hydrogens is 214 g/mol.